The van der Waals surface area contributed by atoms with Crippen molar-refractivity contribution in [2.24, 2.45) is 0 Å². The second kappa shape index (κ2) is 9.91. The highest BCUT2D eigenvalue weighted by Crippen LogP contribution is 2.31. The van der Waals surface area contributed by atoms with E-state index in [4.69, 9.17) is 4.74 Å². The van der Waals surface area contributed by atoms with Crippen molar-refractivity contribution >= 4 is 29.6 Å². The Kier molecular flexibility index (Phi) is 6.77. The van der Waals surface area contributed by atoms with E-state index in [0.29, 0.717) is 35.2 Å². The normalized spacial score (nSPS) is 17.5. The molecule has 11 nitrogen and oxygen atoms in total. The monoisotopic (exact) mass is 481 g/mol. The van der Waals surface area contributed by atoms with Gasteiger partial charge in [-0.25, -0.2) is 4.79 Å². The van der Waals surface area contributed by atoms with E-state index in [1.165, 1.54) is 4.68 Å². The van der Waals surface area contributed by atoms with E-state index in [1.807, 2.05) is 25.1 Å². The Balaban J connectivity index is 1.45. The van der Waals surface area contributed by atoms with E-state index in [1.54, 1.807) is 43.3 Å². The van der Waals surface area contributed by atoms with Crippen LogP contribution in [0.15, 0.2) is 59.8 Å². The van der Waals surface area contributed by atoms with Gasteiger partial charge in [0.1, 0.15) is 17.0 Å². The molecule has 176 valence electrons. The molecule has 0 aliphatic carbocycles. The van der Waals surface area contributed by atoms with Crippen LogP contribution in [0.25, 0.3) is 5.69 Å². The molecule has 1 atom stereocenters. The number of urea groups is 1. The largest absolute Gasteiger partial charge is 0.492 e. The van der Waals surface area contributed by atoms with Gasteiger partial charge in [-0.2, -0.15) is 9.69 Å². The first-order chi connectivity index (χ1) is 16.5. The minimum absolute atomic E-state index is 0.126. The fourth-order valence-electron chi connectivity index (χ4n) is 3.66. The zero-order valence-electron chi connectivity index (χ0n) is 18.6. The van der Waals surface area contributed by atoms with Crippen LogP contribution in [0.3, 0.4) is 0 Å². The number of ether oxygens (including phenoxy) is 1. The summed E-state index contributed by atoms with van der Waals surface area (Å²) >= 11 is 1.06. The van der Waals surface area contributed by atoms with Gasteiger partial charge < -0.3 is 10.1 Å². The van der Waals surface area contributed by atoms with E-state index in [2.05, 4.69) is 26.3 Å². The number of tetrazole rings is 1. The van der Waals surface area contributed by atoms with Crippen molar-refractivity contribution < 1.29 is 19.1 Å². The first-order valence-electron chi connectivity index (χ1n) is 10.6. The molecule has 1 fully saturated rings. The second-order valence-corrected chi connectivity index (χ2v) is 8.24. The molecule has 2 heterocycles. The molecule has 1 saturated heterocycles. The topological polar surface area (TPSA) is 131 Å². The maximum Gasteiger partial charge on any atom is 0.344 e. The number of hydrogen-bond donors (Lipinski definition) is 2. The lowest BCUT2D eigenvalue weighted by Crippen LogP contribution is -2.49. The van der Waals surface area contributed by atoms with Gasteiger partial charge in [0, 0.05) is 0 Å². The standard InChI is InChI=1S/C22H23N7O4S/c1-3-22(15-10-6-5-7-11-15)19(31)29(20(32)23-22)25-18(30)14-34-21-24-26-27-28(21)16-12-8-9-13-17(16)33-4-2/h5-13H,3-4,14H2,1-2H3,(H,23,32)(H,25,30). The molecular weight excluding hydrogens is 458 g/mol. The maximum absolute atomic E-state index is 13.1. The summed E-state index contributed by atoms with van der Waals surface area (Å²) in [5.41, 5.74) is 2.44. The number of para-hydroxylation sites is 2. The Bertz CT molecular complexity index is 1200. The van der Waals surface area contributed by atoms with Gasteiger partial charge in [0.25, 0.3) is 5.91 Å². The number of aromatic nitrogens is 4. The summed E-state index contributed by atoms with van der Waals surface area (Å²) in [5, 5.41) is 15.5. The number of rotatable bonds is 9. The van der Waals surface area contributed by atoms with E-state index < -0.39 is 23.4 Å². The maximum atomic E-state index is 13.1. The van der Waals surface area contributed by atoms with E-state index in [0.717, 1.165) is 16.8 Å². The summed E-state index contributed by atoms with van der Waals surface area (Å²) < 4.78 is 7.09. The number of nitrogens with one attached hydrogen (secondary N) is 2. The summed E-state index contributed by atoms with van der Waals surface area (Å²) in [5.74, 6) is -0.625. The number of hydrogen-bond acceptors (Lipinski definition) is 8. The highest BCUT2D eigenvalue weighted by Gasteiger charge is 2.52. The third kappa shape index (κ3) is 4.31. The number of carbonyl (C=O) groups excluding carboxylic acids is 3. The predicted molar refractivity (Wildman–Crippen MR) is 123 cm³/mol. The molecule has 1 aliphatic heterocycles. The average molecular weight is 482 g/mol. The average Bonchev–Trinajstić information content (AvgIpc) is 3.42. The number of thioether (sulfide) groups is 1. The molecule has 0 saturated carbocycles. The van der Waals surface area contributed by atoms with Crippen LogP contribution >= 0.6 is 11.8 Å². The van der Waals surface area contributed by atoms with Crippen molar-refractivity contribution in [3.8, 4) is 11.4 Å². The lowest BCUT2D eigenvalue weighted by molar-refractivity contribution is -0.138. The lowest BCUT2D eigenvalue weighted by Gasteiger charge is -2.25. The molecule has 2 aromatic carbocycles. The minimum atomic E-state index is -1.23. The highest BCUT2D eigenvalue weighted by molar-refractivity contribution is 7.99. The number of nitrogens with zero attached hydrogens (tertiary/aromatic N) is 5. The Morgan fingerprint density at radius 3 is 2.59 bits per heavy atom. The van der Waals surface area contributed by atoms with Crippen molar-refractivity contribution in [2.45, 2.75) is 31.0 Å². The molecule has 34 heavy (non-hydrogen) atoms. The van der Waals surface area contributed by atoms with Crippen LogP contribution in [0.2, 0.25) is 0 Å². The molecule has 1 aliphatic rings. The van der Waals surface area contributed by atoms with Crippen LogP contribution in [0.5, 0.6) is 5.75 Å². The molecule has 3 aromatic rings. The first kappa shape index (κ1) is 23.2. The Labute approximate surface area is 199 Å². The van der Waals surface area contributed by atoms with Crippen molar-refractivity contribution in [2.75, 3.05) is 12.4 Å². The zero-order chi connectivity index (χ0) is 24.1. The van der Waals surface area contributed by atoms with Gasteiger partial charge in [0.15, 0.2) is 0 Å². The van der Waals surface area contributed by atoms with Crippen molar-refractivity contribution in [1.29, 1.82) is 0 Å². The first-order valence-corrected chi connectivity index (χ1v) is 11.6. The molecule has 2 N–H and O–H groups in total. The SMILES string of the molecule is CCOc1ccccc1-n1nnnc1SCC(=O)NN1C(=O)NC(CC)(c2ccccc2)C1=O. The zero-order valence-corrected chi connectivity index (χ0v) is 19.4. The third-order valence-corrected chi connectivity index (χ3v) is 6.21. The number of hydrazine groups is 1. The van der Waals surface area contributed by atoms with Crippen LogP contribution in [0.4, 0.5) is 4.79 Å². The number of amides is 4. The molecule has 1 unspecified atom stereocenters. The van der Waals surface area contributed by atoms with Gasteiger partial charge >= 0.3 is 6.03 Å². The van der Waals surface area contributed by atoms with Crippen molar-refractivity contribution in [3.05, 3.63) is 60.2 Å². The summed E-state index contributed by atoms with van der Waals surface area (Å²) in [6.45, 7) is 4.14. The van der Waals surface area contributed by atoms with Crippen molar-refractivity contribution in [1.82, 2.24) is 36.0 Å². The summed E-state index contributed by atoms with van der Waals surface area (Å²) in [6.07, 6.45) is 0.330. The lowest BCUT2D eigenvalue weighted by atomic mass is 9.87. The molecule has 0 spiro atoms. The Hall–Kier alpha value is -3.93. The number of imide groups is 1. The summed E-state index contributed by atoms with van der Waals surface area (Å²) in [6, 6.07) is 15.5. The summed E-state index contributed by atoms with van der Waals surface area (Å²) in [4.78, 5) is 38.3. The van der Waals surface area contributed by atoms with Crippen LogP contribution in [-0.4, -0.2) is 55.4 Å². The molecule has 12 heteroatoms. The molecular formula is C22H23N7O4S. The molecule has 4 amide bonds. The van der Waals surface area contributed by atoms with Crippen LogP contribution in [-0.2, 0) is 15.1 Å². The van der Waals surface area contributed by atoms with E-state index >= 15 is 0 Å². The van der Waals surface area contributed by atoms with Gasteiger partial charge in [-0.1, -0.05) is 61.2 Å². The van der Waals surface area contributed by atoms with Gasteiger partial charge in [-0.05, 0) is 41.5 Å². The minimum Gasteiger partial charge on any atom is -0.492 e. The van der Waals surface area contributed by atoms with Crippen LogP contribution < -0.4 is 15.5 Å². The Morgan fingerprint density at radius 2 is 1.85 bits per heavy atom. The van der Waals surface area contributed by atoms with E-state index in [-0.39, 0.29) is 5.75 Å². The van der Waals surface area contributed by atoms with Gasteiger partial charge in [-0.15, -0.1) is 5.10 Å². The number of benzene rings is 2. The number of carbonyl (C=O) groups is 3. The second-order valence-electron chi connectivity index (χ2n) is 7.29. The highest BCUT2D eigenvalue weighted by atomic mass is 32.2. The molecule has 0 radical (unpaired) electrons. The quantitative estimate of drug-likeness (QED) is 0.351. The summed E-state index contributed by atoms with van der Waals surface area (Å²) in [7, 11) is 0. The smallest absolute Gasteiger partial charge is 0.344 e. The van der Waals surface area contributed by atoms with Crippen LogP contribution in [0, 0.1) is 0 Å². The van der Waals surface area contributed by atoms with E-state index in [9.17, 15) is 14.4 Å². The van der Waals surface area contributed by atoms with Crippen molar-refractivity contribution in [3.63, 3.8) is 0 Å². The van der Waals surface area contributed by atoms with Gasteiger partial charge in [0.2, 0.25) is 11.1 Å². The molecule has 1 aromatic heterocycles. The van der Waals surface area contributed by atoms with Gasteiger partial charge in [-0.3, -0.25) is 15.0 Å². The fourth-order valence-corrected chi connectivity index (χ4v) is 4.33. The molecule has 0 bridgehead atoms. The van der Waals surface area contributed by atoms with Gasteiger partial charge in [0.05, 0.1) is 12.4 Å². The third-order valence-electron chi connectivity index (χ3n) is 5.29. The predicted octanol–water partition coefficient (Wildman–Crippen LogP) is 2.04. The Morgan fingerprint density at radius 1 is 1.12 bits per heavy atom. The molecule has 4 rings (SSSR count). The van der Waals surface area contributed by atoms with Crippen LogP contribution in [0.1, 0.15) is 25.8 Å². The fraction of sp³-hybridized carbons (Fsp3) is 0.273.